The van der Waals surface area contributed by atoms with Crippen molar-refractivity contribution in [3.8, 4) is 22.3 Å². The highest BCUT2D eigenvalue weighted by Gasteiger charge is 2.17. The van der Waals surface area contributed by atoms with Gasteiger partial charge in [0.15, 0.2) is 0 Å². The van der Waals surface area contributed by atoms with Gasteiger partial charge in [-0.05, 0) is 109 Å². The largest absolute Gasteiger partial charge is 0.438 e. The SMILES string of the molecule is c1ccc(-c2ccc(N(c3ccc(-c4cc5ccccc5c5ccc6ccccc6c45)cc3)c3ccc4c(c3)oc3ncccc34)cc2)cc1. The van der Waals surface area contributed by atoms with Crippen LogP contribution in [-0.2, 0) is 0 Å². The first kappa shape index (κ1) is 28.3. The lowest BCUT2D eigenvalue weighted by molar-refractivity contribution is 0.654. The summed E-state index contributed by atoms with van der Waals surface area (Å²) in [6, 6.07) is 63.0. The van der Waals surface area contributed by atoms with E-state index in [1.54, 1.807) is 6.20 Å². The van der Waals surface area contributed by atoms with Crippen LogP contribution in [0.4, 0.5) is 17.1 Å². The zero-order valence-electron chi connectivity index (χ0n) is 27.1. The molecule has 0 saturated carbocycles. The van der Waals surface area contributed by atoms with Crippen LogP contribution >= 0.6 is 0 Å². The summed E-state index contributed by atoms with van der Waals surface area (Å²) in [6.45, 7) is 0. The van der Waals surface area contributed by atoms with Gasteiger partial charge in [0.25, 0.3) is 0 Å². The Labute approximate surface area is 289 Å². The Morgan fingerprint density at radius 2 is 1.02 bits per heavy atom. The first-order valence-electron chi connectivity index (χ1n) is 17.0. The van der Waals surface area contributed by atoms with Gasteiger partial charge in [0.2, 0.25) is 5.71 Å². The van der Waals surface area contributed by atoms with Gasteiger partial charge >= 0.3 is 0 Å². The van der Waals surface area contributed by atoms with E-state index in [1.807, 2.05) is 6.07 Å². The van der Waals surface area contributed by atoms with Crippen LogP contribution in [-0.4, -0.2) is 4.98 Å². The van der Waals surface area contributed by atoms with Gasteiger partial charge in [-0.25, -0.2) is 4.98 Å². The minimum atomic E-state index is 0.651. The third-order valence-electron chi connectivity index (χ3n) is 9.91. The van der Waals surface area contributed by atoms with Crippen LogP contribution in [0.25, 0.3) is 76.6 Å². The molecule has 10 rings (SSSR count). The second-order valence-corrected chi connectivity index (χ2v) is 12.8. The lowest BCUT2D eigenvalue weighted by Gasteiger charge is -2.26. The maximum Gasteiger partial charge on any atom is 0.227 e. The molecule has 0 amide bonds. The molecule has 234 valence electrons. The Morgan fingerprint density at radius 1 is 0.400 bits per heavy atom. The number of anilines is 3. The Balaban J connectivity index is 1.13. The molecule has 0 fully saturated rings. The summed E-state index contributed by atoms with van der Waals surface area (Å²) in [7, 11) is 0. The second-order valence-electron chi connectivity index (χ2n) is 12.8. The first-order chi connectivity index (χ1) is 24.8. The second kappa shape index (κ2) is 11.5. The third-order valence-corrected chi connectivity index (χ3v) is 9.91. The van der Waals surface area contributed by atoms with Crippen LogP contribution in [0.3, 0.4) is 0 Å². The lowest BCUT2D eigenvalue weighted by Crippen LogP contribution is -2.09. The summed E-state index contributed by atoms with van der Waals surface area (Å²) in [5, 5.41) is 9.66. The van der Waals surface area contributed by atoms with E-state index in [-0.39, 0.29) is 0 Å². The van der Waals surface area contributed by atoms with Crippen LogP contribution in [0.1, 0.15) is 0 Å². The molecule has 2 aromatic heterocycles. The number of nitrogens with zero attached hydrogens (tertiary/aromatic N) is 2. The topological polar surface area (TPSA) is 29.3 Å². The van der Waals surface area contributed by atoms with Gasteiger partial charge in [-0.3, -0.25) is 0 Å². The standard InChI is InChI=1S/C47H30N2O/c1-2-9-31(10-3-1)32-16-21-36(22-17-32)49(38-25-27-41-43-15-8-28-48-47(43)50-45(41)30-38)37-23-18-34(19-24-37)44-29-35-12-5-6-13-39(35)42-26-20-33-11-4-7-14-40(33)46(42)44/h1-30H. The first-order valence-corrected chi connectivity index (χ1v) is 17.0. The molecule has 3 heteroatoms. The molecular weight excluding hydrogens is 609 g/mol. The van der Waals surface area contributed by atoms with Crippen molar-refractivity contribution in [1.29, 1.82) is 0 Å². The molecule has 8 aromatic carbocycles. The predicted octanol–water partition coefficient (Wildman–Crippen LogP) is 13.2. The van der Waals surface area contributed by atoms with Crippen molar-refractivity contribution in [1.82, 2.24) is 4.98 Å². The monoisotopic (exact) mass is 638 g/mol. The molecule has 0 bridgehead atoms. The maximum atomic E-state index is 6.24. The molecule has 0 saturated heterocycles. The van der Waals surface area contributed by atoms with Gasteiger partial charge in [-0.1, -0.05) is 115 Å². The summed E-state index contributed by atoms with van der Waals surface area (Å²) >= 11 is 0. The molecule has 10 aromatic rings. The molecule has 0 atom stereocenters. The zero-order chi connectivity index (χ0) is 33.0. The highest BCUT2D eigenvalue weighted by atomic mass is 16.3. The minimum absolute atomic E-state index is 0.651. The van der Waals surface area contributed by atoms with E-state index in [2.05, 4.69) is 180 Å². The summed E-state index contributed by atoms with van der Waals surface area (Å²) in [4.78, 5) is 6.76. The Hall–Kier alpha value is -6.71. The van der Waals surface area contributed by atoms with E-state index >= 15 is 0 Å². The normalized spacial score (nSPS) is 11.6. The van der Waals surface area contributed by atoms with Gasteiger partial charge in [-0.15, -0.1) is 0 Å². The van der Waals surface area contributed by atoms with Crippen LogP contribution in [0.2, 0.25) is 0 Å². The van der Waals surface area contributed by atoms with Crippen LogP contribution in [0.15, 0.2) is 187 Å². The van der Waals surface area contributed by atoms with Gasteiger partial charge in [-0.2, -0.15) is 0 Å². The Kier molecular flexibility index (Phi) is 6.49. The van der Waals surface area contributed by atoms with Crippen molar-refractivity contribution in [2.24, 2.45) is 0 Å². The van der Waals surface area contributed by atoms with Crippen molar-refractivity contribution < 1.29 is 4.42 Å². The van der Waals surface area contributed by atoms with Crippen LogP contribution in [0.5, 0.6) is 0 Å². The summed E-state index contributed by atoms with van der Waals surface area (Å²) in [6.07, 6.45) is 1.77. The fourth-order valence-electron chi connectivity index (χ4n) is 7.52. The average molecular weight is 639 g/mol. The van der Waals surface area contributed by atoms with E-state index in [1.165, 1.54) is 54.6 Å². The molecule has 50 heavy (non-hydrogen) atoms. The number of pyridine rings is 1. The minimum Gasteiger partial charge on any atom is -0.438 e. The van der Waals surface area contributed by atoms with E-state index < -0.39 is 0 Å². The molecule has 2 heterocycles. The molecular formula is C47H30N2O. The fraction of sp³-hybridized carbons (Fsp3) is 0. The lowest BCUT2D eigenvalue weighted by atomic mass is 9.90. The highest BCUT2D eigenvalue weighted by Crippen LogP contribution is 2.42. The molecule has 0 spiro atoms. The van der Waals surface area contributed by atoms with Gasteiger partial charge in [0.05, 0.1) is 0 Å². The number of aromatic nitrogens is 1. The number of rotatable bonds is 5. The fourth-order valence-corrected chi connectivity index (χ4v) is 7.52. The zero-order valence-corrected chi connectivity index (χ0v) is 27.1. The third kappa shape index (κ3) is 4.63. The quantitative estimate of drug-likeness (QED) is 0.176. The molecule has 3 nitrogen and oxygen atoms in total. The molecule has 0 N–H and O–H groups in total. The molecule has 0 aliphatic heterocycles. The van der Waals surface area contributed by atoms with E-state index in [0.717, 1.165) is 33.4 Å². The summed E-state index contributed by atoms with van der Waals surface area (Å²) < 4.78 is 6.24. The van der Waals surface area contributed by atoms with Crippen molar-refractivity contribution >= 4 is 71.4 Å². The number of benzene rings is 8. The molecule has 0 radical (unpaired) electrons. The summed E-state index contributed by atoms with van der Waals surface area (Å²) in [5.74, 6) is 0. The molecule has 0 unspecified atom stereocenters. The summed E-state index contributed by atoms with van der Waals surface area (Å²) in [5.41, 5.74) is 9.39. The van der Waals surface area contributed by atoms with Crippen molar-refractivity contribution in [3.63, 3.8) is 0 Å². The van der Waals surface area contributed by atoms with Crippen molar-refractivity contribution in [2.75, 3.05) is 4.90 Å². The van der Waals surface area contributed by atoms with Crippen molar-refractivity contribution in [2.45, 2.75) is 0 Å². The van der Waals surface area contributed by atoms with Crippen LogP contribution < -0.4 is 4.90 Å². The number of hydrogen-bond donors (Lipinski definition) is 0. The number of hydrogen-bond acceptors (Lipinski definition) is 3. The molecule has 0 aliphatic rings. The van der Waals surface area contributed by atoms with Gasteiger partial charge in [0.1, 0.15) is 5.58 Å². The predicted molar refractivity (Wildman–Crippen MR) is 210 cm³/mol. The van der Waals surface area contributed by atoms with E-state index in [0.29, 0.717) is 5.71 Å². The van der Waals surface area contributed by atoms with Gasteiger partial charge < -0.3 is 9.32 Å². The number of fused-ring (bicyclic) bond motifs is 8. The van der Waals surface area contributed by atoms with E-state index in [4.69, 9.17) is 4.42 Å². The van der Waals surface area contributed by atoms with Crippen LogP contribution in [0, 0.1) is 0 Å². The van der Waals surface area contributed by atoms with Crippen molar-refractivity contribution in [3.05, 3.63) is 182 Å². The Bertz CT molecular complexity index is 2850. The Morgan fingerprint density at radius 3 is 1.82 bits per heavy atom. The number of furan rings is 1. The maximum absolute atomic E-state index is 6.24. The smallest absolute Gasteiger partial charge is 0.227 e. The van der Waals surface area contributed by atoms with Gasteiger partial charge in [0, 0.05) is 40.1 Å². The highest BCUT2D eigenvalue weighted by molar-refractivity contribution is 6.23. The molecule has 0 aliphatic carbocycles. The average Bonchev–Trinajstić information content (AvgIpc) is 3.56. The van der Waals surface area contributed by atoms with E-state index in [9.17, 15) is 0 Å².